The van der Waals surface area contributed by atoms with Gasteiger partial charge in [-0.1, -0.05) is 30.3 Å². The zero-order valence-corrected chi connectivity index (χ0v) is 17.4. The molecule has 6 heteroatoms. The molecule has 1 aliphatic rings. The van der Waals surface area contributed by atoms with Gasteiger partial charge in [-0.05, 0) is 36.4 Å². The van der Waals surface area contributed by atoms with Gasteiger partial charge in [-0.3, -0.25) is 4.79 Å². The molecule has 0 radical (unpaired) electrons. The zero-order valence-electron chi connectivity index (χ0n) is 17.4. The third-order valence-corrected chi connectivity index (χ3v) is 5.77. The average molecular weight is 416 g/mol. The Morgan fingerprint density at radius 2 is 1.65 bits per heavy atom. The second-order valence-electron chi connectivity index (χ2n) is 7.58. The lowest BCUT2D eigenvalue weighted by Crippen LogP contribution is -2.50. The maximum Gasteiger partial charge on any atom is 0.260 e. The minimum Gasteiger partial charge on any atom is -0.495 e. The van der Waals surface area contributed by atoms with Crippen LogP contribution in [-0.2, 0) is 4.79 Å². The molecule has 5 rings (SSSR count). The highest BCUT2D eigenvalue weighted by molar-refractivity contribution is 6.05. The van der Waals surface area contributed by atoms with Crippen LogP contribution in [0.25, 0.3) is 21.9 Å². The molecule has 1 saturated heterocycles. The average Bonchev–Trinajstić information content (AvgIpc) is 3.20. The van der Waals surface area contributed by atoms with Gasteiger partial charge in [0.25, 0.3) is 5.91 Å². The first-order valence-electron chi connectivity index (χ1n) is 10.4. The Kier molecular flexibility index (Phi) is 5.12. The maximum atomic E-state index is 12.7. The number of hydrogen-bond donors (Lipinski definition) is 0. The minimum absolute atomic E-state index is 0.00294. The third-order valence-electron chi connectivity index (χ3n) is 5.77. The van der Waals surface area contributed by atoms with Crippen LogP contribution in [0, 0.1) is 0 Å². The van der Waals surface area contributed by atoms with E-state index in [1.165, 1.54) is 0 Å². The molecule has 2 heterocycles. The van der Waals surface area contributed by atoms with Crippen molar-refractivity contribution in [1.29, 1.82) is 0 Å². The summed E-state index contributed by atoms with van der Waals surface area (Å²) >= 11 is 0. The summed E-state index contributed by atoms with van der Waals surface area (Å²) in [5, 5.41) is 2.03. The monoisotopic (exact) mass is 416 g/mol. The van der Waals surface area contributed by atoms with Crippen molar-refractivity contribution in [2.75, 3.05) is 44.8 Å². The molecule has 0 saturated carbocycles. The standard InChI is InChI=1S/C25H24N2O4/c1-29-24-9-5-3-7-21(24)26-12-14-27(15-13-26)25(28)17-30-18-10-11-23-20(16-18)19-6-2-4-8-22(19)31-23/h2-11,16H,12-15,17H2,1H3. The highest BCUT2D eigenvalue weighted by Gasteiger charge is 2.23. The molecule has 4 aromatic rings. The number of piperazine rings is 1. The lowest BCUT2D eigenvalue weighted by Gasteiger charge is -2.36. The molecule has 1 aromatic heterocycles. The van der Waals surface area contributed by atoms with Gasteiger partial charge in [-0.2, -0.15) is 0 Å². The number of para-hydroxylation sites is 3. The first kappa shape index (κ1) is 19.3. The molecule has 0 bridgehead atoms. The van der Waals surface area contributed by atoms with Crippen molar-refractivity contribution in [3.8, 4) is 11.5 Å². The van der Waals surface area contributed by atoms with Gasteiger partial charge in [0.2, 0.25) is 0 Å². The summed E-state index contributed by atoms with van der Waals surface area (Å²) in [5.74, 6) is 1.52. The van der Waals surface area contributed by atoms with Gasteiger partial charge >= 0.3 is 0 Å². The van der Waals surface area contributed by atoms with E-state index in [1.807, 2.05) is 65.6 Å². The molecule has 158 valence electrons. The lowest BCUT2D eigenvalue weighted by molar-refractivity contribution is -0.133. The molecule has 1 amide bonds. The Morgan fingerprint density at radius 1 is 0.903 bits per heavy atom. The first-order chi connectivity index (χ1) is 15.2. The smallest absolute Gasteiger partial charge is 0.260 e. The first-order valence-corrected chi connectivity index (χ1v) is 10.4. The Bertz CT molecular complexity index is 1220. The van der Waals surface area contributed by atoms with E-state index >= 15 is 0 Å². The second-order valence-corrected chi connectivity index (χ2v) is 7.58. The molecule has 0 aliphatic carbocycles. The van der Waals surface area contributed by atoms with Crippen LogP contribution in [0.4, 0.5) is 5.69 Å². The quantitative estimate of drug-likeness (QED) is 0.485. The molecular weight excluding hydrogens is 392 g/mol. The summed E-state index contributed by atoms with van der Waals surface area (Å²) in [6.07, 6.45) is 0. The van der Waals surface area contributed by atoms with Crippen molar-refractivity contribution >= 4 is 33.5 Å². The fraction of sp³-hybridized carbons (Fsp3) is 0.240. The van der Waals surface area contributed by atoms with Crippen LogP contribution in [0.2, 0.25) is 0 Å². The molecule has 0 spiro atoms. The number of hydrogen-bond acceptors (Lipinski definition) is 5. The van der Waals surface area contributed by atoms with Crippen molar-refractivity contribution < 1.29 is 18.7 Å². The molecule has 0 unspecified atom stereocenters. The summed E-state index contributed by atoms with van der Waals surface area (Å²) < 4.78 is 17.1. The summed E-state index contributed by atoms with van der Waals surface area (Å²) in [6, 6.07) is 21.6. The number of benzene rings is 3. The Balaban J connectivity index is 1.21. The lowest BCUT2D eigenvalue weighted by atomic mass is 10.1. The number of anilines is 1. The van der Waals surface area contributed by atoms with E-state index in [0.717, 1.165) is 46.5 Å². The van der Waals surface area contributed by atoms with Crippen molar-refractivity contribution in [1.82, 2.24) is 4.90 Å². The van der Waals surface area contributed by atoms with Gasteiger partial charge in [-0.25, -0.2) is 0 Å². The van der Waals surface area contributed by atoms with E-state index in [2.05, 4.69) is 11.0 Å². The van der Waals surface area contributed by atoms with Crippen LogP contribution >= 0.6 is 0 Å². The largest absolute Gasteiger partial charge is 0.495 e. The predicted octanol–water partition coefficient (Wildman–Crippen LogP) is 4.32. The van der Waals surface area contributed by atoms with Crippen LogP contribution in [-0.4, -0.2) is 50.7 Å². The number of fused-ring (bicyclic) bond motifs is 3. The summed E-state index contributed by atoms with van der Waals surface area (Å²) in [5.41, 5.74) is 2.72. The van der Waals surface area contributed by atoms with E-state index < -0.39 is 0 Å². The van der Waals surface area contributed by atoms with Crippen LogP contribution in [0.5, 0.6) is 11.5 Å². The van der Waals surface area contributed by atoms with E-state index in [1.54, 1.807) is 7.11 Å². The molecule has 0 atom stereocenters. The van der Waals surface area contributed by atoms with E-state index in [9.17, 15) is 4.79 Å². The molecule has 6 nitrogen and oxygen atoms in total. The Labute approximate surface area is 180 Å². The number of ether oxygens (including phenoxy) is 2. The molecule has 1 aliphatic heterocycles. The normalized spacial score (nSPS) is 14.2. The zero-order chi connectivity index (χ0) is 21.2. The summed E-state index contributed by atoms with van der Waals surface area (Å²) in [7, 11) is 1.68. The highest BCUT2D eigenvalue weighted by Crippen LogP contribution is 2.31. The van der Waals surface area contributed by atoms with Gasteiger partial charge in [0.15, 0.2) is 6.61 Å². The van der Waals surface area contributed by atoms with Gasteiger partial charge in [-0.15, -0.1) is 0 Å². The third kappa shape index (κ3) is 3.77. The number of amides is 1. The maximum absolute atomic E-state index is 12.7. The van der Waals surface area contributed by atoms with Crippen molar-refractivity contribution in [2.45, 2.75) is 0 Å². The van der Waals surface area contributed by atoms with Crippen molar-refractivity contribution in [3.05, 3.63) is 66.7 Å². The SMILES string of the molecule is COc1ccccc1N1CCN(C(=O)COc2ccc3oc4ccccc4c3c2)CC1. The van der Waals surface area contributed by atoms with E-state index in [0.29, 0.717) is 18.8 Å². The molecule has 3 aromatic carbocycles. The molecule has 31 heavy (non-hydrogen) atoms. The second kappa shape index (κ2) is 8.22. The van der Waals surface area contributed by atoms with E-state index in [4.69, 9.17) is 13.9 Å². The van der Waals surface area contributed by atoms with E-state index in [-0.39, 0.29) is 12.5 Å². The number of furan rings is 1. The Morgan fingerprint density at radius 3 is 2.48 bits per heavy atom. The topological polar surface area (TPSA) is 55.2 Å². The Hall–Kier alpha value is -3.67. The number of methoxy groups -OCH3 is 1. The van der Waals surface area contributed by atoms with Gasteiger partial charge in [0.1, 0.15) is 22.7 Å². The van der Waals surface area contributed by atoms with Crippen LogP contribution < -0.4 is 14.4 Å². The van der Waals surface area contributed by atoms with Gasteiger partial charge < -0.3 is 23.7 Å². The van der Waals surface area contributed by atoms with Crippen molar-refractivity contribution in [3.63, 3.8) is 0 Å². The fourth-order valence-electron chi connectivity index (χ4n) is 4.12. The van der Waals surface area contributed by atoms with Gasteiger partial charge in [0.05, 0.1) is 12.8 Å². The molecule has 0 N–H and O–H groups in total. The van der Waals surface area contributed by atoms with Crippen LogP contribution in [0.3, 0.4) is 0 Å². The molecular formula is C25H24N2O4. The minimum atomic E-state index is -0.00294. The van der Waals surface area contributed by atoms with Crippen molar-refractivity contribution in [2.24, 2.45) is 0 Å². The van der Waals surface area contributed by atoms with Gasteiger partial charge in [0, 0.05) is 37.0 Å². The summed E-state index contributed by atoms with van der Waals surface area (Å²) in [4.78, 5) is 16.8. The highest BCUT2D eigenvalue weighted by atomic mass is 16.5. The number of nitrogens with zero attached hydrogens (tertiary/aromatic N) is 2. The summed E-state index contributed by atoms with van der Waals surface area (Å²) in [6.45, 7) is 2.87. The number of carbonyl (C=O) groups is 1. The fourth-order valence-corrected chi connectivity index (χ4v) is 4.12. The number of rotatable bonds is 5. The molecule has 1 fully saturated rings. The van der Waals surface area contributed by atoms with Crippen LogP contribution in [0.1, 0.15) is 0 Å². The predicted molar refractivity (Wildman–Crippen MR) is 121 cm³/mol. The van der Waals surface area contributed by atoms with Crippen LogP contribution in [0.15, 0.2) is 71.1 Å². The number of carbonyl (C=O) groups excluding carboxylic acids is 1.